The fourth-order valence-corrected chi connectivity index (χ4v) is 2.77. The molecule has 0 aliphatic carbocycles. The monoisotopic (exact) mass is 389 g/mol. The first kappa shape index (κ1) is 16.3. The van der Waals surface area contributed by atoms with Crippen LogP contribution in [0.4, 0.5) is 0 Å². The van der Waals surface area contributed by atoms with Crippen molar-refractivity contribution in [2.75, 3.05) is 7.11 Å². The van der Waals surface area contributed by atoms with Crippen molar-refractivity contribution in [1.82, 2.24) is 15.1 Å². The molecule has 2 aromatic heterocycles. The minimum Gasteiger partial charge on any atom is -0.497 e. The number of hydrogen-bond donors (Lipinski definition) is 1. The summed E-state index contributed by atoms with van der Waals surface area (Å²) in [5.41, 5.74) is 2.11. The van der Waals surface area contributed by atoms with Crippen LogP contribution in [0.1, 0.15) is 16.1 Å². The topological polar surface area (TPSA) is 69.3 Å². The molecule has 24 heavy (non-hydrogen) atoms. The van der Waals surface area contributed by atoms with Gasteiger partial charge in [-0.2, -0.15) is 5.10 Å². The van der Waals surface area contributed by atoms with Crippen LogP contribution < -0.4 is 10.1 Å². The third kappa shape index (κ3) is 3.35. The Labute approximate surface area is 147 Å². The summed E-state index contributed by atoms with van der Waals surface area (Å²) in [5, 5.41) is 7.26. The molecule has 2 heterocycles. The van der Waals surface area contributed by atoms with Gasteiger partial charge in [0, 0.05) is 11.5 Å². The van der Waals surface area contributed by atoms with Gasteiger partial charge < -0.3 is 14.5 Å². The van der Waals surface area contributed by atoms with Crippen LogP contribution in [-0.4, -0.2) is 22.8 Å². The quantitative estimate of drug-likeness (QED) is 0.725. The lowest BCUT2D eigenvalue weighted by atomic mass is 10.2. The molecule has 0 unspecified atom stereocenters. The molecule has 0 saturated carbocycles. The Balaban J connectivity index is 1.72. The van der Waals surface area contributed by atoms with E-state index in [2.05, 4.69) is 26.3 Å². The third-order valence-corrected chi connectivity index (χ3v) is 4.24. The van der Waals surface area contributed by atoms with Crippen LogP contribution in [0.15, 0.2) is 51.6 Å². The van der Waals surface area contributed by atoms with E-state index in [4.69, 9.17) is 9.15 Å². The Morgan fingerprint density at radius 2 is 2.21 bits per heavy atom. The first-order valence-corrected chi connectivity index (χ1v) is 8.06. The number of nitrogens with zero attached hydrogens (tertiary/aromatic N) is 2. The van der Waals surface area contributed by atoms with Crippen molar-refractivity contribution in [3.8, 4) is 17.2 Å². The number of carbonyl (C=O) groups excluding carboxylic acids is 1. The number of ether oxygens (including phenoxy) is 1. The standard InChI is InChI=1S/C17H16BrN3O3/c1-21-15(16-4-3-7-24-16)8-11(20-21)10-19-17(22)13-9-12(23-2)5-6-14(13)18/h3-9H,10H2,1-2H3,(H,19,22). The summed E-state index contributed by atoms with van der Waals surface area (Å²) >= 11 is 3.38. The van der Waals surface area contributed by atoms with Gasteiger partial charge in [0.15, 0.2) is 5.76 Å². The zero-order chi connectivity index (χ0) is 17.1. The van der Waals surface area contributed by atoms with E-state index in [-0.39, 0.29) is 5.91 Å². The average molecular weight is 390 g/mol. The molecule has 0 atom stereocenters. The minimum absolute atomic E-state index is 0.203. The number of benzene rings is 1. The smallest absolute Gasteiger partial charge is 0.252 e. The van der Waals surface area contributed by atoms with Gasteiger partial charge in [-0.1, -0.05) is 0 Å². The van der Waals surface area contributed by atoms with Gasteiger partial charge in [-0.15, -0.1) is 0 Å². The molecule has 0 spiro atoms. The maximum absolute atomic E-state index is 12.4. The van der Waals surface area contributed by atoms with Gasteiger partial charge in [0.25, 0.3) is 5.91 Å². The molecule has 124 valence electrons. The number of furan rings is 1. The highest BCUT2D eigenvalue weighted by atomic mass is 79.9. The van der Waals surface area contributed by atoms with Crippen LogP contribution in [0, 0.1) is 0 Å². The minimum atomic E-state index is -0.203. The molecule has 1 amide bonds. The van der Waals surface area contributed by atoms with Gasteiger partial charge in [-0.3, -0.25) is 9.48 Å². The summed E-state index contributed by atoms with van der Waals surface area (Å²) in [6.07, 6.45) is 1.62. The van der Waals surface area contributed by atoms with Crippen molar-refractivity contribution in [2.45, 2.75) is 6.54 Å². The lowest BCUT2D eigenvalue weighted by Gasteiger charge is -2.07. The average Bonchev–Trinajstić information content (AvgIpc) is 3.22. The number of aromatic nitrogens is 2. The summed E-state index contributed by atoms with van der Waals surface area (Å²) < 4.78 is 13.0. The number of amides is 1. The van der Waals surface area contributed by atoms with Gasteiger partial charge in [0.05, 0.1) is 31.2 Å². The first-order valence-electron chi connectivity index (χ1n) is 7.27. The summed E-state index contributed by atoms with van der Waals surface area (Å²) in [7, 11) is 3.40. The molecule has 3 rings (SSSR count). The number of hydrogen-bond acceptors (Lipinski definition) is 4. The highest BCUT2D eigenvalue weighted by Gasteiger charge is 2.14. The molecule has 0 aliphatic rings. The highest BCUT2D eigenvalue weighted by Crippen LogP contribution is 2.23. The van der Waals surface area contributed by atoms with Crippen LogP contribution in [-0.2, 0) is 13.6 Å². The molecule has 0 saturated heterocycles. The van der Waals surface area contributed by atoms with Crippen LogP contribution in [0.25, 0.3) is 11.5 Å². The molecule has 0 fully saturated rings. The van der Waals surface area contributed by atoms with Gasteiger partial charge in [0.1, 0.15) is 11.4 Å². The van der Waals surface area contributed by atoms with Gasteiger partial charge in [-0.25, -0.2) is 0 Å². The highest BCUT2D eigenvalue weighted by molar-refractivity contribution is 9.10. The van der Waals surface area contributed by atoms with Crippen molar-refractivity contribution >= 4 is 21.8 Å². The van der Waals surface area contributed by atoms with E-state index in [0.717, 1.165) is 17.1 Å². The van der Waals surface area contributed by atoms with Crippen molar-refractivity contribution < 1.29 is 13.9 Å². The van der Waals surface area contributed by atoms with E-state index in [0.29, 0.717) is 22.3 Å². The zero-order valence-electron chi connectivity index (χ0n) is 13.2. The molecule has 6 nitrogen and oxygen atoms in total. The molecular weight excluding hydrogens is 374 g/mol. The number of aryl methyl sites for hydroxylation is 1. The Bertz CT molecular complexity index is 856. The Kier molecular flexibility index (Phi) is 4.71. The predicted octanol–water partition coefficient (Wildman–Crippen LogP) is 3.38. The van der Waals surface area contributed by atoms with Crippen molar-refractivity contribution in [3.05, 3.63) is 58.4 Å². The summed E-state index contributed by atoms with van der Waals surface area (Å²) in [5.74, 6) is 1.16. The van der Waals surface area contributed by atoms with E-state index >= 15 is 0 Å². The van der Waals surface area contributed by atoms with Gasteiger partial charge in [-0.05, 0) is 52.3 Å². The number of rotatable bonds is 5. The van der Waals surface area contributed by atoms with E-state index in [1.807, 2.05) is 25.2 Å². The van der Waals surface area contributed by atoms with Gasteiger partial charge >= 0.3 is 0 Å². The van der Waals surface area contributed by atoms with Crippen molar-refractivity contribution in [2.24, 2.45) is 7.05 Å². The predicted molar refractivity (Wildman–Crippen MR) is 92.8 cm³/mol. The van der Waals surface area contributed by atoms with Gasteiger partial charge in [0.2, 0.25) is 0 Å². The second-order valence-electron chi connectivity index (χ2n) is 5.15. The molecule has 0 bridgehead atoms. The first-order chi connectivity index (χ1) is 11.6. The molecular formula is C17H16BrN3O3. The molecule has 0 aliphatic heterocycles. The number of halogens is 1. The maximum atomic E-state index is 12.4. The Morgan fingerprint density at radius 3 is 2.92 bits per heavy atom. The number of carbonyl (C=O) groups is 1. The van der Waals surface area contributed by atoms with Crippen molar-refractivity contribution in [3.63, 3.8) is 0 Å². The molecule has 1 N–H and O–H groups in total. The normalized spacial score (nSPS) is 10.6. The zero-order valence-corrected chi connectivity index (χ0v) is 14.8. The van der Waals surface area contributed by atoms with E-state index in [1.54, 1.807) is 36.3 Å². The van der Waals surface area contributed by atoms with Crippen molar-refractivity contribution in [1.29, 1.82) is 0 Å². The summed E-state index contributed by atoms with van der Waals surface area (Å²) in [4.78, 5) is 12.4. The van der Waals surface area contributed by atoms with Crippen LogP contribution in [0.2, 0.25) is 0 Å². The Hall–Kier alpha value is -2.54. The molecule has 3 aromatic rings. The van der Waals surface area contributed by atoms with E-state index in [1.165, 1.54) is 0 Å². The fraction of sp³-hybridized carbons (Fsp3) is 0.176. The van der Waals surface area contributed by atoms with Crippen LogP contribution in [0.3, 0.4) is 0 Å². The van der Waals surface area contributed by atoms with E-state index < -0.39 is 0 Å². The van der Waals surface area contributed by atoms with E-state index in [9.17, 15) is 4.79 Å². The third-order valence-electron chi connectivity index (χ3n) is 3.55. The number of nitrogens with one attached hydrogen (secondary N) is 1. The maximum Gasteiger partial charge on any atom is 0.252 e. The molecule has 1 aromatic carbocycles. The summed E-state index contributed by atoms with van der Waals surface area (Å²) in [6.45, 7) is 0.316. The summed E-state index contributed by atoms with van der Waals surface area (Å²) in [6, 6.07) is 10.8. The number of methoxy groups -OCH3 is 1. The molecule has 0 radical (unpaired) electrons. The Morgan fingerprint density at radius 1 is 1.38 bits per heavy atom. The van der Waals surface area contributed by atoms with Crippen LogP contribution >= 0.6 is 15.9 Å². The SMILES string of the molecule is COc1ccc(Br)c(C(=O)NCc2cc(-c3ccco3)n(C)n2)c1. The second-order valence-corrected chi connectivity index (χ2v) is 6.00. The lowest BCUT2D eigenvalue weighted by Crippen LogP contribution is -2.23. The lowest BCUT2D eigenvalue weighted by molar-refractivity contribution is 0.0949. The largest absolute Gasteiger partial charge is 0.497 e. The second kappa shape index (κ2) is 6.92. The fourth-order valence-electron chi connectivity index (χ4n) is 2.34. The molecule has 7 heteroatoms. The van der Waals surface area contributed by atoms with Crippen LogP contribution in [0.5, 0.6) is 5.75 Å².